The van der Waals surface area contributed by atoms with Gasteiger partial charge in [0.2, 0.25) is 0 Å². The number of carbonyl (C=O) groups is 1. The molecule has 0 unspecified atom stereocenters. The van der Waals surface area contributed by atoms with Gasteiger partial charge in [-0.3, -0.25) is 4.79 Å². The molecule has 2 aromatic rings. The maximum absolute atomic E-state index is 11.8. The van der Waals surface area contributed by atoms with Gasteiger partial charge in [-0.1, -0.05) is 29.8 Å². The fraction of sp³-hybridized carbons (Fsp3) is 0.231. The zero-order valence-corrected chi connectivity index (χ0v) is 9.97. The highest BCUT2D eigenvalue weighted by Crippen LogP contribution is 2.03. The van der Waals surface area contributed by atoms with E-state index in [0.717, 1.165) is 5.56 Å². The highest BCUT2D eigenvalue weighted by molar-refractivity contribution is 5.90. The van der Waals surface area contributed by atoms with Crippen LogP contribution in [0.15, 0.2) is 36.7 Å². The molecule has 0 aliphatic rings. The van der Waals surface area contributed by atoms with E-state index in [1.165, 1.54) is 5.56 Å². The fourth-order valence-electron chi connectivity index (χ4n) is 1.55. The molecule has 0 saturated heterocycles. The van der Waals surface area contributed by atoms with Gasteiger partial charge in [-0.05, 0) is 12.5 Å². The number of rotatable bonds is 3. The van der Waals surface area contributed by atoms with E-state index in [4.69, 9.17) is 0 Å². The van der Waals surface area contributed by atoms with E-state index in [1.54, 1.807) is 24.0 Å². The average molecular weight is 229 g/mol. The number of benzene rings is 1. The summed E-state index contributed by atoms with van der Waals surface area (Å²) in [5.74, 6) is 0.273. The Balaban J connectivity index is 1.97. The molecule has 1 heterocycles. The first kappa shape index (κ1) is 11.4. The minimum absolute atomic E-state index is 0.155. The lowest BCUT2D eigenvalue weighted by Gasteiger charge is -2.05. The third-order valence-electron chi connectivity index (χ3n) is 2.60. The Bertz CT molecular complexity index is 514. The molecule has 1 amide bonds. The topological polar surface area (TPSA) is 46.9 Å². The average Bonchev–Trinajstić information content (AvgIpc) is 2.74. The van der Waals surface area contributed by atoms with Crippen LogP contribution in [-0.4, -0.2) is 15.5 Å². The summed E-state index contributed by atoms with van der Waals surface area (Å²) >= 11 is 0. The molecular formula is C13H15N3O. The van der Waals surface area contributed by atoms with Crippen molar-refractivity contribution in [2.24, 2.45) is 7.05 Å². The molecule has 0 spiro atoms. The first-order valence-corrected chi connectivity index (χ1v) is 5.48. The lowest BCUT2D eigenvalue weighted by Crippen LogP contribution is -2.25. The Morgan fingerprint density at radius 3 is 2.65 bits per heavy atom. The van der Waals surface area contributed by atoms with Crippen LogP contribution in [0.4, 0.5) is 0 Å². The number of nitrogens with zero attached hydrogens (tertiary/aromatic N) is 2. The molecule has 0 radical (unpaired) electrons. The van der Waals surface area contributed by atoms with Crippen molar-refractivity contribution in [1.29, 1.82) is 0 Å². The number of carbonyl (C=O) groups excluding carboxylic acids is 1. The second-order valence-electron chi connectivity index (χ2n) is 4.03. The number of amides is 1. The summed E-state index contributed by atoms with van der Waals surface area (Å²) in [6.07, 6.45) is 3.36. The minimum atomic E-state index is -0.155. The Labute approximate surface area is 100 Å². The van der Waals surface area contributed by atoms with Crippen LogP contribution in [0.5, 0.6) is 0 Å². The molecule has 17 heavy (non-hydrogen) atoms. The highest BCUT2D eigenvalue weighted by Gasteiger charge is 2.09. The van der Waals surface area contributed by atoms with E-state index in [0.29, 0.717) is 12.4 Å². The van der Waals surface area contributed by atoms with Crippen molar-refractivity contribution in [3.05, 3.63) is 53.6 Å². The number of hydrogen-bond donors (Lipinski definition) is 1. The van der Waals surface area contributed by atoms with Gasteiger partial charge in [0.05, 0.1) is 0 Å². The van der Waals surface area contributed by atoms with Crippen LogP contribution in [0.3, 0.4) is 0 Å². The van der Waals surface area contributed by atoms with Crippen molar-refractivity contribution < 1.29 is 4.79 Å². The molecule has 1 aromatic carbocycles. The summed E-state index contributed by atoms with van der Waals surface area (Å²) in [6, 6.07) is 8.08. The van der Waals surface area contributed by atoms with Crippen molar-refractivity contribution in [2.75, 3.05) is 0 Å². The lowest BCUT2D eigenvalue weighted by molar-refractivity contribution is 0.0937. The van der Waals surface area contributed by atoms with Crippen LogP contribution in [0.2, 0.25) is 0 Å². The lowest BCUT2D eigenvalue weighted by atomic mass is 10.1. The monoisotopic (exact) mass is 229 g/mol. The van der Waals surface area contributed by atoms with E-state index in [-0.39, 0.29) is 5.91 Å². The predicted octanol–water partition coefficient (Wildman–Crippen LogP) is 1.66. The largest absolute Gasteiger partial charge is 0.345 e. The van der Waals surface area contributed by atoms with Crippen LogP contribution in [-0.2, 0) is 13.6 Å². The molecule has 1 N–H and O–H groups in total. The van der Waals surface area contributed by atoms with E-state index in [9.17, 15) is 4.79 Å². The molecule has 0 aliphatic carbocycles. The van der Waals surface area contributed by atoms with Crippen LogP contribution < -0.4 is 5.32 Å². The van der Waals surface area contributed by atoms with Crippen LogP contribution in [0.25, 0.3) is 0 Å². The summed E-state index contributed by atoms with van der Waals surface area (Å²) in [6.45, 7) is 2.56. The highest BCUT2D eigenvalue weighted by atomic mass is 16.2. The Morgan fingerprint density at radius 1 is 1.35 bits per heavy atom. The van der Waals surface area contributed by atoms with Crippen molar-refractivity contribution in [3.63, 3.8) is 0 Å². The summed E-state index contributed by atoms with van der Waals surface area (Å²) in [5, 5.41) is 2.84. The number of nitrogens with one attached hydrogen (secondary N) is 1. The molecule has 1 aromatic heterocycles. The number of aromatic nitrogens is 2. The van der Waals surface area contributed by atoms with E-state index in [1.807, 2.05) is 31.2 Å². The molecule has 0 saturated carbocycles. The predicted molar refractivity (Wildman–Crippen MR) is 65.6 cm³/mol. The van der Waals surface area contributed by atoms with Gasteiger partial charge in [-0.2, -0.15) is 0 Å². The second-order valence-corrected chi connectivity index (χ2v) is 4.03. The third-order valence-corrected chi connectivity index (χ3v) is 2.60. The minimum Gasteiger partial charge on any atom is -0.345 e. The SMILES string of the molecule is Cc1ccc(CNC(=O)c2nccn2C)cc1. The molecule has 0 aliphatic heterocycles. The van der Waals surface area contributed by atoms with Crippen molar-refractivity contribution >= 4 is 5.91 Å². The standard InChI is InChI=1S/C13H15N3O/c1-10-3-5-11(6-4-10)9-15-13(17)12-14-7-8-16(12)2/h3-8H,9H2,1-2H3,(H,15,17). The molecule has 88 valence electrons. The van der Waals surface area contributed by atoms with Gasteiger partial charge in [0.15, 0.2) is 5.82 Å². The van der Waals surface area contributed by atoms with Crippen molar-refractivity contribution in [1.82, 2.24) is 14.9 Å². The fourth-order valence-corrected chi connectivity index (χ4v) is 1.55. The maximum Gasteiger partial charge on any atom is 0.287 e. The van der Waals surface area contributed by atoms with Crippen molar-refractivity contribution in [2.45, 2.75) is 13.5 Å². The van der Waals surface area contributed by atoms with Crippen LogP contribution in [0, 0.1) is 6.92 Å². The third kappa shape index (κ3) is 2.72. The van der Waals surface area contributed by atoms with Gasteiger partial charge in [0.25, 0.3) is 5.91 Å². The maximum atomic E-state index is 11.8. The quantitative estimate of drug-likeness (QED) is 0.870. The van der Waals surface area contributed by atoms with E-state index < -0.39 is 0 Å². The normalized spacial score (nSPS) is 10.2. The van der Waals surface area contributed by atoms with Gasteiger partial charge in [-0.15, -0.1) is 0 Å². The van der Waals surface area contributed by atoms with Gasteiger partial charge in [0, 0.05) is 26.0 Å². The molecule has 0 fully saturated rings. The number of aryl methyl sites for hydroxylation is 2. The summed E-state index contributed by atoms with van der Waals surface area (Å²) in [7, 11) is 1.80. The molecule has 2 rings (SSSR count). The number of hydrogen-bond acceptors (Lipinski definition) is 2. The smallest absolute Gasteiger partial charge is 0.287 e. The first-order valence-electron chi connectivity index (χ1n) is 5.48. The molecule has 0 atom stereocenters. The van der Waals surface area contributed by atoms with Crippen molar-refractivity contribution in [3.8, 4) is 0 Å². The Hall–Kier alpha value is -2.10. The van der Waals surface area contributed by atoms with Crippen LogP contribution in [0.1, 0.15) is 21.7 Å². The summed E-state index contributed by atoms with van der Waals surface area (Å²) in [5.41, 5.74) is 2.29. The van der Waals surface area contributed by atoms with E-state index >= 15 is 0 Å². The zero-order valence-electron chi connectivity index (χ0n) is 9.97. The zero-order chi connectivity index (χ0) is 12.3. The van der Waals surface area contributed by atoms with E-state index in [2.05, 4.69) is 10.3 Å². The Morgan fingerprint density at radius 2 is 2.06 bits per heavy atom. The summed E-state index contributed by atoms with van der Waals surface area (Å²) < 4.78 is 1.70. The molecule has 0 bridgehead atoms. The molecule has 4 nitrogen and oxygen atoms in total. The summed E-state index contributed by atoms with van der Waals surface area (Å²) in [4.78, 5) is 15.8. The molecular weight excluding hydrogens is 214 g/mol. The first-order chi connectivity index (χ1) is 8.16. The Kier molecular flexibility index (Phi) is 3.23. The van der Waals surface area contributed by atoms with Gasteiger partial charge in [-0.25, -0.2) is 4.98 Å². The molecule has 4 heteroatoms. The van der Waals surface area contributed by atoms with Crippen LogP contribution >= 0.6 is 0 Å². The van der Waals surface area contributed by atoms with Gasteiger partial charge < -0.3 is 9.88 Å². The van der Waals surface area contributed by atoms with Gasteiger partial charge >= 0.3 is 0 Å². The van der Waals surface area contributed by atoms with Gasteiger partial charge in [0.1, 0.15) is 0 Å². The second kappa shape index (κ2) is 4.82. The number of imidazole rings is 1.